The number of rotatable bonds is 11. The number of amides is 2. The van der Waals surface area contributed by atoms with Gasteiger partial charge in [0.2, 0.25) is 11.8 Å². The average Bonchev–Trinajstić information content (AvgIpc) is 2.99. The SMILES string of the molecule is CNC(=O)[C@@H](Cc1ccccc1)N(Cc1ccc(F)cc1)C(=O)CN(c1ccccc1C)S(=O)(=O)c1ccc(C)cc1. The molecule has 0 fully saturated rings. The van der Waals surface area contributed by atoms with Crippen molar-refractivity contribution in [3.05, 3.63) is 131 Å². The third kappa shape index (κ3) is 7.22. The fourth-order valence-corrected chi connectivity index (χ4v) is 6.18. The molecule has 0 spiro atoms. The number of hydrogen-bond acceptors (Lipinski definition) is 4. The molecule has 0 aromatic heterocycles. The van der Waals surface area contributed by atoms with Crippen molar-refractivity contribution in [2.75, 3.05) is 17.9 Å². The quantitative estimate of drug-likeness (QED) is 0.267. The molecule has 0 heterocycles. The second-order valence-electron chi connectivity index (χ2n) is 10.1. The molecular weight excluding hydrogens is 553 g/mol. The number of halogens is 1. The molecule has 7 nitrogen and oxygen atoms in total. The first-order valence-electron chi connectivity index (χ1n) is 13.5. The van der Waals surface area contributed by atoms with Crippen molar-refractivity contribution in [3.8, 4) is 0 Å². The van der Waals surface area contributed by atoms with Crippen LogP contribution in [-0.2, 0) is 32.6 Å². The molecule has 218 valence electrons. The van der Waals surface area contributed by atoms with E-state index in [1.54, 1.807) is 55.5 Å². The van der Waals surface area contributed by atoms with E-state index >= 15 is 0 Å². The molecule has 0 saturated carbocycles. The van der Waals surface area contributed by atoms with Crippen LogP contribution in [0, 0.1) is 19.7 Å². The van der Waals surface area contributed by atoms with E-state index in [4.69, 9.17) is 0 Å². The lowest BCUT2D eigenvalue weighted by Crippen LogP contribution is -2.53. The maximum atomic E-state index is 14.3. The lowest BCUT2D eigenvalue weighted by Gasteiger charge is -2.34. The average molecular weight is 588 g/mol. The second kappa shape index (κ2) is 13.4. The maximum Gasteiger partial charge on any atom is 0.264 e. The smallest absolute Gasteiger partial charge is 0.264 e. The van der Waals surface area contributed by atoms with Crippen LogP contribution in [0.15, 0.2) is 108 Å². The highest BCUT2D eigenvalue weighted by atomic mass is 32.2. The summed E-state index contributed by atoms with van der Waals surface area (Å²) in [5, 5.41) is 2.65. The lowest BCUT2D eigenvalue weighted by molar-refractivity contribution is -0.139. The minimum Gasteiger partial charge on any atom is -0.357 e. The summed E-state index contributed by atoms with van der Waals surface area (Å²) in [4.78, 5) is 28.9. The zero-order valence-corrected chi connectivity index (χ0v) is 24.6. The number of aryl methyl sites for hydroxylation is 2. The first kappa shape index (κ1) is 30.5. The number of nitrogens with zero attached hydrogens (tertiary/aromatic N) is 2. The Kier molecular flexibility index (Phi) is 9.75. The Bertz CT molecular complexity index is 1630. The molecule has 0 aliphatic rings. The molecule has 4 aromatic carbocycles. The molecule has 2 amide bonds. The Morgan fingerprint density at radius 1 is 0.810 bits per heavy atom. The number of likely N-dealkylation sites (N-methyl/N-ethyl adjacent to an activating group) is 1. The van der Waals surface area contributed by atoms with E-state index < -0.39 is 40.2 Å². The van der Waals surface area contributed by atoms with Gasteiger partial charge in [-0.15, -0.1) is 0 Å². The maximum absolute atomic E-state index is 14.3. The van der Waals surface area contributed by atoms with Crippen LogP contribution in [0.4, 0.5) is 10.1 Å². The van der Waals surface area contributed by atoms with Gasteiger partial charge >= 0.3 is 0 Å². The zero-order valence-electron chi connectivity index (χ0n) is 23.8. The van der Waals surface area contributed by atoms with Crippen LogP contribution in [-0.4, -0.2) is 44.8 Å². The molecule has 42 heavy (non-hydrogen) atoms. The van der Waals surface area contributed by atoms with Crippen LogP contribution in [0.25, 0.3) is 0 Å². The van der Waals surface area contributed by atoms with E-state index in [-0.39, 0.29) is 17.9 Å². The van der Waals surface area contributed by atoms with Gasteiger partial charge in [0.05, 0.1) is 10.6 Å². The molecule has 0 aliphatic heterocycles. The molecule has 0 bridgehead atoms. The van der Waals surface area contributed by atoms with E-state index in [1.165, 1.54) is 36.2 Å². The number of para-hydroxylation sites is 1. The van der Waals surface area contributed by atoms with Crippen molar-refractivity contribution in [1.29, 1.82) is 0 Å². The molecule has 4 aromatic rings. The van der Waals surface area contributed by atoms with Crippen LogP contribution < -0.4 is 9.62 Å². The number of carbonyl (C=O) groups is 2. The zero-order chi connectivity index (χ0) is 30.3. The largest absolute Gasteiger partial charge is 0.357 e. The first-order valence-corrected chi connectivity index (χ1v) is 15.0. The second-order valence-corrected chi connectivity index (χ2v) is 11.9. The molecule has 1 N–H and O–H groups in total. The van der Waals surface area contributed by atoms with E-state index in [1.807, 2.05) is 37.3 Å². The normalized spacial score (nSPS) is 11.9. The Balaban J connectivity index is 1.79. The van der Waals surface area contributed by atoms with Gasteiger partial charge < -0.3 is 10.2 Å². The van der Waals surface area contributed by atoms with Gasteiger partial charge in [-0.25, -0.2) is 12.8 Å². The third-order valence-corrected chi connectivity index (χ3v) is 8.83. The van der Waals surface area contributed by atoms with Crippen molar-refractivity contribution in [1.82, 2.24) is 10.2 Å². The highest BCUT2D eigenvalue weighted by molar-refractivity contribution is 7.92. The van der Waals surface area contributed by atoms with Gasteiger partial charge in [-0.3, -0.25) is 13.9 Å². The topological polar surface area (TPSA) is 86.8 Å². The molecule has 0 radical (unpaired) electrons. The predicted octanol–water partition coefficient (Wildman–Crippen LogP) is 5.02. The fraction of sp³-hybridized carbons (Fsp3) is 0.212. The summed E-state index contributed by atoms with van der Waals surface area (Å²) < 4.78 is 42.9. The number of sulfonamides is 1. The molecule has 4 rings (SSSR count). The van der Waals surface area contributed by atoms with Gasteiger partial charge in [0.25, 0.3) is 10.0 Å². The van der Waals surface area contributed by atoms with E-state index in [2.05, 4.69) is 5.32 Å². The Hall–Kier alpha value is -4.50. The molecule has 9 heteroatoms. The first-order chi connectivity index (χ1) is 20.1. The van der Waals surface area contributed by atoms with Crippen LogP contribution in [0.1, 0.15) is 22.3 Å². The van der Waals surface area contributed by atoms with Crippen molar-refractivity contribution in [2.45, 2.75) is 37.8 Å². The number of carbonyl (C=O) groups excluding carboxylic acids is 2. The molecular formula is C33H34FN3O4S. The number of hydrogen-bond donors (Lipinski definition) is 1. The minimum absolute atomic E-state index is 0.0315. The standard InChI is InChI=1S/C33H34FN3O4S/c1-24-13-19-29(20-14-24)42(40,41)37(30-12-8-7-9-25(30)2)23-32(38)36(22-27-15-17-28(34)18-16-27)31(33(39)35-3)21-26-10-5-4-6-11-26/h4-20,31H,21-23H2,1-3H3,(H,35,39)/t31-/m1/s1. The van der Waals surface area contributed by atoms with Crippen LogP contribution >= 0.6 is 0 Å². The number of nitrogens with one attached hydrogen (secondary N) is 1. The Morgan fingerprint density at radius 3 is 2.05 bits per heavy atom. The summed E-state index contributed by atoms with van der Waals surface area (Å²) in [5.41, 5.74) is 3.33. The molecule has 0 unspecified atom stereocenters. The summed E-state index contributed by atoms with van der Waals surface area (Å²) >= 11 is 0. The van der Waals surface area contributed by atoms with Gasteiger partial charge in [-0.05, 0) is 60.9 Å². The van der Waals surface area contributed by atoms with Gasteiger partial charge in [0.15, 0.2) is 0 Å². The van der Waals surface area contributed by atoms with Gasteiger partial charge in [0, 0.05) is 20.0 Å². The minimum atomic E-state index is -4.18. The Morgan fingerprint density at radius 2 is 1.43 bits per heavy atom. The molecule has 0 saturated heterocycles. The predicted molar refractivity (Wildman–Crippen MR) is 162 cm³/mol. The third-order valence-electron chi connectivity index (χ3n) is 7.06. The van der Waals surface area contributed by atoms with E-state index in [0.717, 1.165) is 15.4 Å². The fourth-order valence-electron chi connectivity index (χ4n) is 4.70. The van der Waals surface area contributed by atoms with Crippen molar-refractivity contribution >= 4 is 27.5 Å². The van der Waals surface area contributed by atoms with Crippen LogP contribution in [0.5, 0.6) is 0 Å². The number of benzene rings is 4. The number of anilines is 1. The summed E-state index contributed by atoms with van der Waals surface area (Å²) in [7, 11) is -2.69. The Labute approximate surface area is 246 Å². The van der Waals surface area contributed by atoms with Crippen LogP contribution in [0.3, 0.4) is 0 Å². The van der Waals surface area contributed by atoms with Gasteiger partial charge in [-0.2, -0.15) is 0 Å². The molecule has 1 atom stereocenters. The van der Waals surface area contributed by atoms with Crippen molar-refractivity contribution in [3.63, 3.8) is 0 Å². The highest BCUT2D eigenvalue weighted by Gasteiger charge is 2.34. The summed E-state index contributed by atoms with van der Waals surface area (Å²) in [6.07, 6.45) is 0.197. The highest BCUT2D eigenvalue weighted by Crippen LogP contribution is 2.28. The molecule has 0 aliphatic carbocycles. The summed E-state index contributed by atoms with van der Waals surface area (Å²) in [5.74, 6) is -1.42. The van der Waals surface area contributed by atoms with Gasteiger partial charge in [-0.1, -0.05) is 78.4 Å². The summed E-state index contributed by atoms with van der Waals surface area (Å²) in [6, 6.07) is 27.3. The van der Waals surface area contributed by atoms with Crippen LogP contribution in [0.2, 0.25) is 0 Å². The van der Waals surface area contributed by atoms with Crippen molar-refractivity contribution < 1.29 is 22.4 Å². The monoisotopic (exact) mass is 587 g/mol. The van der Waals surface area contributed by atoms with E-state index in [0.29, 0.717) is 16.8 Å². The lowest BCUT2D eigenvalue weighted by atomic mass is 10.0. The van der Waals surface area contributed by atoms with Crippen molar-refractivity contribution in [2.24, 2.45) is 0 Å². The summed E-state index contributed by atoms with van der Waals surface area (Å²) in [6.45, 7) is 3.05. The van der Waals surface area contributed by atoms with Gasteiger partial charge in [0.1, 0.15) is 18.4 Å². The van der Waals surface area contributed by atoms with E-state index in [9.17, 15) is 22.4 Å².